The first kappa shape index (κ1) is 22.0. The third kappa shape index (κ3) is 5.89. The van der Waals surface area contributed by atoms with Crippen molar-refractivity contribution in [3.05, 3.63) is 65.5 Å². The minimum Gasteiger partial charge on any atom is -0.350 e. The fraction of sp³-hybridized carbons (Fsp3) is 0.417. The van der Waals surface area contributed by atoms with Gasteiger partial charge in [-0.2, -0.15) is 0 Å². The number of nitrogens with zero attached hydrogens (tertiary/aromatic N) is 1. The van der Waals surface area contributed by atoms with E-state index >= 15 is 0 Å². The van der Waals surface area contributed by atoms with Crippen molar-refractivity contribution in [3.8, 4) is 0 Å². The van der Waals surface area contributed by atoms with Gasteiger partial charge in [-0.3, -0.25) is 14.5 Å². The number of likely N-dealkylation sites (tertiary alicyclic amines) is 1. The van der Waals surface area contributed by atoms with E-state index in [4.69, 9.17) is 0 Å². The number of para-hydroxylation sites is 1. The Labute approximate surface area is 177 Å². The number of carbonyl (C=O) groups excluding carboxylic acids is 2. The molecule has 30 heavy (non-hydrogen) atoms. The van der Waals surface area contributed by atoms with Gasteiger partial charge in [-0.15, -0.1) is 0 Å². The van der Waals surface area contributed by atoms with Crippen molar-refractivity contribution < 1.29 is 14.0 Å². The van der Waals surface area contributed by atoms with Gasteiger partial charge in [-0.25, -0.2) is 4.39 Å². The second-order valence-electron chi connectivity index (χ2n) is 7.99. The van der Waals surface area contributed by atoms with Gasteiger partial charge < -0.3 is 10.6 Å². The first-order valence-electron chi connectivity index (χ1n) is 10.6. The fourth-order valence-electron chi connectivity index (χ4n) is 3.63. The molecule has 0 aromatic heterocycles. The second kappa shape index (κ2) is 10.3. The van der Waals surface area contributed by atoms with Crippen molar-refractivity contribution in [1.82, 2.24) is 10.2 Å². The van der Waals surface area contributed by atoms with Crippen LogP contribution in [0.25, 0.3) is 0 Å². The molecule has 2 N–H and O–H groups in total. The summed E-state index contributed by atoms with van der Waals surface area (Å²) in [5, 5.41) is 5.91. The quantitative estimate of drug-likeness (QED) is 0.718. The third-order valence-electron chi connectivity index (χ3n) is 5.70. The average Bonchev–Trinajstić information content (AvgIpc) is 2.76. The van der Waals surface area contributed by atoms with Gasteiger partial charge in [0.25, 0.3) is 5.91 Å². The number of rotatable bonds is 7. The highest BCUT2D eigenvalue weighted by Gasteiger charge is 2.26. The topological polar surface area (TPSA) is 61.4 Å². The van der Waals surface area contributed by atoms with Crippen LogP contribution in [0.4, 0.5) is 10.1 Å². The van der Waals surface area contributed by atoms with Crippen molar-refractivity contribution in [2.24, 2.45) is 5.92 Å². The van der Waals surface area contributed by atoms with E-state index < -0.39 is 0 Å². The first-order valence-corrected chi connectivity index (χ1v) is 10.6. The van der Waals surface area contributed by atoms with E-state index in [9.17, 15) is 14.0 Å². The molecule has 0 unspecified atom stereocenters. The molecule has 1 saturated heterocycles. The maximum absolute atomic E-state index is 13.1. The Balaban J connectivity index is 1.55. The van der Waals surface area contributed by atoms with Crippen LogP contribution in [0.1, 0.15) is 49.0 Å². The lowest BCUT2D eigenvalue weighted by Crippen LogP contribution is -2.38. The van der Waals surface area contributed by atoms with Crippen molar-refractivity contribution in [3.63, 3.8) is 0 Å². The van der Waals surface area contributed by atoms with Gasteiger partial charge in [0.1, 0.15) is 5.82 Å². The molecule has 0 bridgehead atoms. The lowest BCUT2D eigenvalue weighted by Gasteiger charge is -2.31. The van der Waals surface area contributed by atoms with Gasteiger partial charge >= 0.3 is 0 Å². The summed E-state index contributed by atoms with van der Waals surface area (Å²) in [5.41, 5.74) is 2.11. The van der Waals surface area contributed by atoms with Gasteiger partial charge in [0.15, 0.2) is 0 Å². The standard InChI is InChI=1S/C24H30FN3O2/c1-3-17(2)26-24(30)21-6-4-5-7-22(21)27-23(29)19-12-14-28(15-13-19)16-18-8-10-20(25)11-9-18/h4-11,17,19H,3,12-16H2,1-2H3,(H,26,30)(H,27,29)/t17-/m1/s1. The van der Waals surface area contributed by atoms with E-state index in [1.54, 1.807) is 30.3 Å². The monoisotopic (exact) mass is 411 g/mol. The number of hydrogen-bond acceptors (Lipinski definition) is 3. The summed E-state index contributed by atoms with van der Waals surface area (Å²) in [6.07, 6.45) is 2.36. The molecule has 1 aliphatic rings. The summed E-state index contributed by atoms with van der Waals surface area (Å²) in [6.45, 7) is 6.35. The van der Waals surface area contributed by atoms with Crippen LogP contribution in [0.2, 0.25) is 0 Å². The van der Waals surface area contributed by atoms with Crippen LogP contribution in [-0.2, 0) is 11.3 Å². The number of nitrogens with one attached hydrogen (secondary N) is 2. The van der Waals surface area contributed by atoms with E-state index in [2.05, 4.69) is 15.5 Å². The van der Waals surface area contributed by atoms with E-state index in [0.717, 1.165) is 44.5 Å². The number of halogens is 1. The van der Waals surface area contributed by atoms with Gasteiger partial charge in [0.05, 0.1) is 11.3 Å². The molecule has 1 heterocycles. The van der Waals surface area contributed by atoms with Crippen LogP contribution in [0.5, 0.6) is 0 Å². The zero-order valence-corrected chi connectivity index (χ0v) is 17.7. The van der Waals surface area contributed by atoms with E-state index in [0.29, 0.717) is 11.3 Å². The molecule has 1 atom stereocenters. The summed E-state index contributed by atoms with van der Waals surface area (Å²) in [5.74, 6) is -0.526. The summed E-state index contributed by atoms with van der Waals surface area (Å²) in [4.78, 5) is 27.6. The Kier molecular flexibility index (Phi) is 7.57. The van der Waals surface area contributed by atoms with Gasteiger partial charge in [-0.1, -0.05) is 31.2 Å². The van der Waals surface area contributed by atoms with Crippen LogP contribution in [0, 0.1) is 11.7 Å². The van der Waals surface area contributed by atoms with Gasteiger partial charge in [0.2, 0.25) is 5.91 Å². The number of anilines is 1. The zero-order chi connectivity index (χ0) is 21.5. The number of carbonyl (C=O) groups is 2. The van der Waals surface area contributed by atoms with Crippen LogP contribution < -0.4 is 10.6 Å². The molecular formula is C24H30FN3O2. The van der Waals surface area contributed by atoms with Crippen molar-refractivity contribution >= 4 is 17.5 Å². The molecule has 0 saturated carbocycles. The predicted molar refractivity (Wildman–Crippen MR) is 117 cm³/mol. The molecule has 5 nitrogen and oxygen atoms in total. The second-order valence-corrected chi connectivity index (χ2v) is 7.99. The Bertz CT molecular complexity index is 861. The largest absolute Gasteiger partial charge is 0.350 e. The van der Waals surface area contributed by atoms with Crippen LogP contribution in [0.3, 0.4) is 0 Å². The molecule has 0 radical (unpaired) electrons. The molecule has 0 aliphatic carbocycles. The summed E-state index contributed by atoms with van der Waals surface area (Å²) >= 11 is 0. The smallest absolute Gasteiger partial charge is 0.253 e. The molecule has 1 fully saturated rings. The lowest BCUT2D eigenvalue weighted by atomic mass is 9.95. The van der Waals surface area contributed by atoms with E-state index in [-0.39, 0.29) is 29.6 Å². The number of hydrogen-bond donors (Lipinski definition) is 2. The van der Waals surface area contributed by atoms with Gasteiger partial charge in [0, 0.05) is 18.5 Å². The molecular weight excluding hydrogens is 381 g/mol. The number of benzene rings is 2. The molecule has 2 aromatic rings. The molecule has 3 rings (SSSR count). The third-order valence-corrected chi connectivity index (χ3v) is 5.70. The van der Waals surface area contributed by atoms with Crippen molar-refractivity contribution in [2.45, 2.75) is 45.7 Å². The van der Waals surface area contributed by atoms with Crippen LogP contribution in [-0.4, -0.2) is 35.8 Å². The zero-order valence-electron chi connectivity index (χ0n) is 17.7. The van der Waals surface area contributed by atoms with Crippen LogP contribution in [0.15, 0.2) is 48.5 Å². The van der Waals surface area contributed by atoms with Crippen molar-refractivity contribution in [1.29, 1.82) is 0 Å². The van der Waals surface area contributed by atoms with Crippen molar-refractivity contribution in [2.75, 3.05) is 18.4 Å². The number of piperidine rings is 1. The maximum atomic E-state index is 13.1. The highest BCUT2D eigenvalue weighted by atomic mass is 19.1. The Morgan fingerprint density at radius 1 is 1.10 bits per heavy atom. The predicted octanol–water partition coefficient (Wildman–Crippen LogP) is 4.20. The molecule has 1 aliphatic heterocycles. The van der Waals surface area contributed by atoms with E-state index in [1.165, 1.54) is 12.1 Å². The Morgan fingerprint density at radius 2 is 1.77 bits per heavy atom. The van der Waals surface area contributed by atoms with E-state index in [1.807, 2.05) is 19.9 Å². The molecule has 2 aromatic carbocycles. The number of amides is 2. The lowest BCUT2D eigenvalue weighted by molar-refractivity contribution is -0.121. The normalized spacial score (nSPS) is 16.1. The minimum atomic E-state index is -0.229. The Hall–Kier alpha value is -2.73. The molecule has 2 amide bonds. The average molecular weight is 412 g/mol. The summed E-state index contributed by atoms with van der Waals surface area (Å²) in [6, 6.07) is 13.8. The molecule has 160 valence electrons. The first-order chi connectivity index (χ1) is 14.5. The highest BCUT2D eigenvalue weighted by Crippen LogP contribution is 2.23. The summed E-state index contributed by atoms with van der Waals surface area (Å²) < 4.78 is 13.1. The minimum absolute atomic E-state index is 0.0415. The SMILES string of the molecule is CC[C@@H](C)NC(=O)c1ccccc1NC(=O)C1CCN(Cc2ccc(F)cc2)CC1. The molecule has 0 spiro atoms. The van der Waals surface area contributed by atoms with Crippen LogP contribution >= 0.6 is 0 Å². The Morgan fingerprint density at radius 3 is 2.43 bits per heavy atom. The molecule has 6 heteroatoms. The summed E-state index contributed by atoms with van der Waals surface area (Å²) in [7, 11) is 0. The maximum Gasteiger partial charge on any atom is 0.253 e. The van der Waals surface area contributed by atoms with Gasteiger partial charge in [-0.05, 0) is 69.1 Å². The highest BCUT2D eigenvalue weighted by molar-refractivity contribution is 6.04. The fourth-order valence-corrected chi connectivity index (χ4v) is 3.63.